The van der Waals surface area contributed by atoms with E-state index in [0.717, 1.165) is 22.2 Å². The fraction of sp³-hybridized carbons (Fsp3) is 0.167. The Morgan fingerprint density at radius 1 is 1.12 bits per heavy atom. The first-order valence-electron chi connectivity index (χ1n) is 7.78. The van der Waals surface area contributed by atoms with Crippen LogP contribution in [0.3, 0.4) is 0 Å². The summed E-state index contributed by atoms with van der Waals surface area (Å²) in [6.45, 7) is 0. The summed E-state index contributed by atoms with van der Waals surface area (Å²) in [5.74, 6) is 1.12. The second kappa shape index (κ2) is 8.82. The fourth-order valence-corrected chi connectivity index (χ4v) is 3.41. The van der Waals surface area contributed by atoms with Crippen molar-refractivity contribution in [3.63, 3.8) is 0 Å². The summed E-state index contributed by atoms with van der Waals surface area (Å²) in [5.41, 5.74) is 0.793. The molecule has 0 atom stereocenters. The summed E-state index contributed by atoms with van der Waals surface area (Å²) in [7, 11) is 0. The molecule has 3 rings (SSSR count). The number of nitrogens with one attached hydrogen (secondary N) is 1. The summed E-state index contributed by atoms with van der Waals surface area (Å²) >= 11 is 5.13. The molecule has 0 spiro atoms. The van der Waals surface area contributed by atoms with Crippen molar-refractivity contribution in [2.45, 2.75) is 17.7 Å². The molecule has 2 aromatic carbocycles. The van der Waals surface area contributed by atoms with E-state index in [4.69, 9.17) is 4.42 Å². The van der Waals surface area contributed by atoms with Gasteiger partial charge in [-0.1, -0.05) is 45.3 Å². The van der Waals surface area contributed by atoms with E-state index in [1.165, 1.54) is 4.90 Å². The first-order chi connectivity index (χ1) is 12.2. The molecule has 0 unspecified atom stereocenters. The number of carbonyl (C=O) groups excluding carboxylic acids is 1. The highest BCUT2D eigenvalue weighted by Gasteiger charge is 2.11. The first kappa shape index (κ1) is 17.7. The topological polar surface area (TPSA) is 68.0 Å². The van der Waals surface area contributed by atoms with Gasteiger partial charge >= 0.3 is 6.01 Å². The van der Waals surface area contributed by atoms with Gasteiger partial charge in [-0.05, 0) is 42.5 Å². The summed E-state index contributed by atoms with van der Waals surface area (Å²) in [5, 5.41) is 10.5. The number of anilines is 1. The molecule has 1 heterocycles. The second-order valence-electron chi connectivity index (χ2n) is 5.24. The van der Waals surface area contributed by atoms with Crippen molar-refractivity contribution < 1.29 is 9.21 Å². The quantitative estimate of drug-likeness (QED) is 0.432. The molecule has 0 aliphatic heterocycles. The van der Waals surface area contributed by atoms with Crippen LogP contribution in [0.5, 0.6) is 0 Å². The molecular weight excluding hydrogens is 402 g/mol. The largest absolute Gasteiger partial charge is 0.403 e. The lowest BCUT2D eigenvalue weighted by molar-refractivity contribution is -0.116. The maximum atomic E-state index is 12.0. The summed E-state index contributed by atoms with van der Waals surface area (Å²) in [6, 6.07) is 17.8. The molecule has 0 saturated carbocycles. The molecule has 1 aromatic heterocycles. The minimum atomic E-state index is -0.127. The number of hydrogen-bond donors (Lipinski definition) is 1. The smallest absolute Gasteiger partial charge is 0.322 e. The number of nitrogens with zero attached hydrogens (tertiary/aromatic N) is 2. The van der Waals surface area contributed by atoms with Crippen LogP contribution >= 0.6 is 27.7 Å². The van der Waals surface area contributed by atoms with E-state index in [9.17, 15) is 4.79 Å². The molecule has 0 aliphatic rings. The van der Waals surface area contributed by atoms with Gasteiger partial charge in [0.15, 0.2) is 0 Å². The van der Waals surface area contributed by atoms with Crippen molar-refractivity contribution in [1.82, 2.24) is 10.2 Å². The van der Waals surface area contributed by atoms with Gasteiger partial charge in [0, 0.05) is 21.4 Å². The van der Waals surface area contributed by atoms with Gasteiger partial charge in [0.1, 0.15) is 0 Å². The van der Waals surface area contributed by atoms with Crippen molar-refractivity contribution in [3.05, 3.63) is 59.1 Å². The number of benzene rings is 2. The van der Waals surface area contributed by atoms with Gasteiger partial charge in [0.05, 0.1) is 0 Å². The number of aromatic nitrogens is 2. The Morgan fingerprint density at radius 2 is 1.96 bits per heavy atom. The normalized spacial score (nSPS) is 10.6. The Hall–Kier alpha value is -2.12. The van der Waals surface area contributed by atoms with Gasteiger partial charge in [-0.3, -0.25) is 10.1 Å². The number of rotatable bonds is 7. The molecule has 128 valence electrons. The molecule has 1 N–H and O–H groups in total. The molecular formula is C18H16BrN3O2S. The molecule has 3 aromatic rings. The fourth-order valence-electron chi connectivity index (χ4n) is 2.13. The van der Waals surface area contributed by atoms with E-state index in [1.807, 2.05) is 42.5 Å². The van der Waals surface area contributed by atoms with Crippen LogP contribution < -0.4 is 5.32 Å². The van der Waals surface area contributed by atoms with E-state index >= 15 is 0 Å². The predicted octanol–water partition coefficient (Wildman–Crippen LogP) is 5.01. The molecule has 1 amide bonds. The van der Waals surface area contributed by atoms with Crippen LogP contribution in [0.4, 0.5) is 6.01 Å². The van der Waals surface area contributed by atoms with Gasteiger partial charge in [-0.15, -0.1) is 16.9 Å². The van der Waals surface area contributed by atoms with Gasteiger partial charge < -0.3 is 4.42 Å². The average Bonchev–Trinajstić information content (AvgIpc) is 3.08. The standard InChI is InChI=1S/C18H16BrN3O2S/c19-14-7-4-6-13(12-14)17-21-22-18(24-17)20-16(23)10-5-11-25-15-8-2-1-3-9-15/h1-4,6-9,12H,5,10-11H2,(H,20,22,23). The summed E-state index contributed by atoms with van der Waals surface area (Å²) in [4.78, 5) is 13.2. The predicted molar refractivity (Wildman–Crippen MR) is 102 cm³/mol. The Labute approximate surface area is 158 Å². The number of carbonyl (C=O) groups is 1. The number of halogens is 1. The lowest BCUT2D eigenvalue weighted by atomic mass is 10.2. The highest BCUT2D eigenvalue weighted by Crippen LogP contribution is 2.23. The Morgan fingerprint density at radius 3 is 2.76 bits per heavy atom. The number of amides is 1. The molecule has 0 bridgehead atoms. The molecule has 25 heavy (non-hydrogen) atoms. The highest BCUT2D eigenvalue weighted by molar-refractivity contribution is 9.10. The van der Waals surface area contributed by atoms with E-state index in [1.54, 1.807) is 11.8 Å². The van der Waals surface area contributed by atoms with Crippen LogP contribution in [0.2, 0.25) is 0 Å². The molecule has 7 heteroatoms. The third-order valence-corrected chi connectivity index (χ3v) is 4.89. The lowest BCUT2D eigenvalue weighted by Gasteiger charge is -2.02. The lowest BCUT2D eigenvalue weighted by Crippen LogP contribution is -2.11. The third-order valence-electron chi connectivity index (χ3n) is 3.30. The van der Waals surface area contributed by atoms with E-state index in [-0.39, 0.29) is 11.9 Å². The Kier molecular flexibility index (Phi) is 6.25. The molecule has 0 radical (unpaired) electrons. The van der Waals surface area contributed by atoms with E-state index < -0.39 is 0 Å². The zero-order chi connectivity index (χ0) is 17.5. The van der Waals surface area contributed by atoms with Crippen molar-refractivity contribution in [1.29, 1.82) is 0 Å². The Balaban J connectivity index is 1.45. The number of hydrogen-bond acceptors (Lipinski definition) is 5. The van der Waals surface area contributed by atoms with E-state index in [2.05, 4.69) is 43.6 Å². The van der Waals surface area contributed by atoms with E-state index in [0.29, 0.717) is 12.3 Å². The first-order valence-corrected chi connectivity index (χ1v) is 9.56. The van der Waals surface area contributed by atoms with Gasteiger partial charge in [-0.2, -0.15) is 0 Å². The van der Waals surface area contributed by atoms with Crippen LogP contribution in [0.15, 0.2) is 68.4 Å². The maximum absolute atomic E-state index is 12.0. The summed E-state index contributed by atoms with van der Waals surface area (Å²) in [6.07, 6.45) is 1.19. The zero-order valence-corrected chi connectivity index (χ0v) is 15.7. The van der Waals surface area contributed by atoms with Crippen LogP contribution in [0.25, 0.3) is 11.5 Å². The SMILES string of the molecule is O=C(CCCSc1ccccc1)Nc1nnc(-c2cccc(Br)c2)o1. The molecule has 0 aliphatic carbocycles. The third kappa shape index (κ3) is 5.44. The molecule has 5 nitrogen and oxygen atoms in total. The van der Waals surface area contributed by atoms with Crippen LogP contribution in [0.1, 0.15) is 12.8 Å². The second-order valence-corrected chi connectivity index (χ2v) is 7.32. The highest BCUT2D eigenvalue weighted by atomic mass is 79.9. The van der Waals surface area contributed by atoms with Crippen molar-refractivity contribution in [2.75, 3.05) is 11.1 Å². The maximum Gasteiger partial charge on any atom is 0.322 e. The monoisotopic (exact) mass is 417 g/mol. The molecule has 0 saturated heterocycles. The zero-order valence-electron chi connectivity index (χ0n) is 13.3. The minimum Gasteiger partial charge on any atom is -0.403 e. The van der Waals surface area contributed by atoms with Gasteiger partial charge in [-0.25, -0.2) is 0 Å². The van der Waals surface area contributed by atoms with Gasteiger partial charge in [0.2, 0.25) is 11.8 Å². The average molecular weight is 418 g/mol. The van der Waals surface area contributed by atoms with Crippen molar-refractivity contribution in [2.24, 2.45) is 0 Å². The summed E-state index contributed by atoms with van der Waals surface area (Å²) < 4.78 is 6.41. The van der Waals surface area contributed by atoms with Crippen LogP contribution in [0, 0.1) is 0 Å². The molecule has 0 fully saturated rings. The Bertz CT molecular complexity index is 839. The van der Waals surface area contributed by atoms with Crippen molar-refractivity contribution in [3.8, 4) is 11.5 Å². The van der Waals surface area contributed by atoms with Crippen molar-refractivity contribution >= 4 is 39.6 Å². The minimum absolute atomic E-state index is 0.121. The van der Waals surface area contributed by atoms with Gasteiger partial charge in [0.25, 0.3) is 0 Å². The van der Waals surface area contributed by atoms with Crippen LogP contribution in [-0.2, 0) is 4.79 Å². The van der Waals surface area contributed by atoms with Crippen LogP contribution in [-0.4, -0.2) is 21.9 Å². The number of thioether (sulfide) groups is 1.